The van der Waals surface area contributed by atoms with Crippen molar-refractivity contribution >= 4 is 40.0 Å². The molecule has 0 radical (unpaired) electrons. The Kier molecular flexibility index (Phi) is 5.92. The Morgan fingerprint density at radius 3 is 2.44 bits per heavy atom. The van der Waals surface area contributed by atoms with Crippen LogP contribution in [0.4, 0.5) is 5.69 Å². The Hall–Kier alpha value is -3.71. The van der Waals surface area contributed by atoms with E-state index in [4.69, 9.17) is 21.4 Å². The number of aryl methyl sites for hydroxylation is 3. The van der Waals surface area contributed by atoms with Crippen LogP contribution < -0.4 is 15.4 Å². The summed E-state index contributed by atoms with van der Waals surface area (Å²) in [4.78, 5) is 17.2. The molecule has 3 aromatic carbocycles. The molecule has 4 rings (SSSR count). The molecule has 1 aromatic heterocycles. The second-order valence-corrected chi connectivity index (χ2v) is 7.97. The van der Waals surface area contributed by atoms with Crippen LogP contribution in [-0.2, 0) is 0 Å². The highest BCUT2D eigenvalue weighted by molar-refractivity contribution is 7.80. The Bertz CT molecular complexity index is 1290. The first kappa shape index (κ1) is 21.5. The summed E-state index contributed by atoms with van der Waals surface area (Å²) in [6, 6.07) is 16.9. The molecule has 0 aliphatic carbocycles. The third kappa shape index (κ3) is 4.33. The molecule has 4 aromatic rings. The number of methoxy groups -OCH3 is 1. The SMILES string of the molecule is COc1c(C)cccc1C(=O)NC(=S)Nc1ccc(-c2nc3cc(C)c(C)cc3o2)cc1. The van der Waals surface area contributed by atoms with Gasteiger partial charge in [0.1, 0.15) is 11.3 Å². The van der Waals surface area contributed by atoms with Gasteiger partial charge in [0.2, 0.25) is 5.89 Å². The average Bonchev–Trinajstić information content (AvgIpc) is 3.16. The molecule has 0 bridgehead atoms. The van der Waals surface area contributed by atoms with Gasteiger partial charge in [-0.3, -0.25) is 10.1 Å². The van der Waals surface area contributed by atoms with Crippen LogP contribution in [-0.4, -0.2) is 23.1 Å². The normalized spacial score (nSPS) is 10.8. The quantitative estimate of drug-likeness (QED) is 0.401. The first-order valence-electron chi connectivity index (χ1n) is 10.1. The fourth-order valence-electron chi connectivity index (χ4n) is 3.43. The first-order valence-corrected chi connectivity index (χ1v) is 10.5. The fourth-order valence-corrected chi connectivity index (χ4v) is 3.65. The van der Waals surface area contributed by atoms with Crippen LogP contribution in [0.1, 0.15) is 27.0 Å². The number of carbonyl (C=O) groups is 1. The zero-order valence-electron chi connectivity index (χ0n) is 18.3. The summed E-state index contributed by atoms with van der Waals surface area (Å²) in [5.41, 5.74) is 6.82. The van der Waals surface area contributed by atoms with Gasteiger partial charge in [-0.1, -0.05) is 12.1 Å². The standard InChI is InChI=1S/C25H23N3O3S/c1-14-6-5-7-19(22(14)30-4)23(29)28-25(32)26-18-10-8-17(9-11-18)24-27-20-12-15(2)16(3)13-21(20)31-24/h5-13H,1-4H3,(H2,26,28,29,32). The summed E-state index contributed by atoms with van der Waals surface area (Å²) in [7, 11) is 1.54. The van der Waals surface area contributed by atoms with E-state index in [1.165, 1.54) is 18.2 Å². The van der Waals surface area contributed by atoms with E-state index in [1.807, 2.05) is 56.3 Å². The van der Waals surface area contributed by atoms with Crippen molar-refractivity contribution in [2.24, 2.45) is 0 Å². The zero-order chi connectivity index (χ0) is 22.8. The summed E-state index contributed by atoms with van der Waals surface area (Å²) >= 11 is 5.30. The molecule has 32 heavy (non-hydrogen) atoms. The highest BCUT2D eigenvalue weighted by atomic mass is 32.1. The number of anilines is 1. The maximum Gasteiger partial charge on any atom is 0.261 e. The molecule has 0 aliphatic rings. The van der Waals surface area contributed by atoms with Crippen LogP contribution >= 0.6 is 12.2 Å². The third-order valence-corrected chi connectivity index (χ3v) is 5.49. The van der Waals surface area contributed by atoms with Crippen LogP contribution in [0.3, 0.4) is 0 Å². The van der Waals surface area contributed by atoms with Crippen molar-refractivity contribution in [2.75, 3.05) is 12.4 Å². The Balaban J connectivity index is 1.45. The molecule has 162 valence electrons. The number of ether oxygens (including phenoxy) is 1. The van der Waals surface area contributed by atoms with Gasteiger partial charge >= 0.3 is 0 Å². The van der Waals surface area contributed by atoms with Crippen LogP contribution in [0, 0.1) is 20.8 Å². The summed E-state index contributed by atoms with van der Waals surface area (Å²) in [5, 5.41) is 5.91. The predicted molar refractivity (Wildman–Crippen MR) is 130 cm³/mol. The minimum absolute atomic E-state index is 0.194. The van der Waals surface area contributed by atoms with E-state index < -0.39 is 0 Å². The molecule has 0 fully saturated rings. The topological polar surface area (TPSA) is 76.4 Å². The smallest absolute Gasteiger partial charge is 0.261 e. The molecule has 2 N–H and O–H groups in total. The Morgan fingerprint density at radius 2 is 1.72 bits per heavy atom. The lowest BCUT2D eigenvalue weighted by Gasteiger charge is -2.13. The maximum atomic E-state index is 12.6. The summed E-state index contributed by atoms with van der Waals surface area (Å²) < 4.78 is 11.3. The lowest BCUT2D eigenvalue weighted by Crippen LogP contribution is -2.34. The molecule has 0 unspecified atom stereocenters. The van der Waals surface area contributed by atoms with Gasteiger partial charge in [0, 0.05) is 11.3 Å². The Labute approximate surface area is 191 Å². The van der Waals surface area contributed by atoms with Gasteiger partial charge in [-0.05, 0) is 92.1 Å². The first-order chi connectivity index (χ1) is 15.4. The molecule has 1 heterocycles. The number of nitrogens with one attached hydrogen (secondary N) is 2. The average molecular weight is 446 g/mol. The number of aromatic nitrogens is 1. The van der Waals surface area contributed by atoms with Crippen molar-refractivity contribution in [3.63, 3.8) is 0 Å². The second kappa shape index (κ2) is 8.80. The van der Waals surface area contributed by atoms with Crippen molar-refractivity contribution in [3.8, 4) is 17.2 Å². The molecular formula is C25H23N3O3S. The van der Waals surface area contributed by atoms with E-state index in [-0.39, 0.29) is 11.0 Å². The summed E-state index contributed by atoms with van der Waals surface area (Å²) in [6.45, 7) is 5.99. The fraction of sp³-hybridized carbons (Fsp3) is 0.160. The van der Waals surface area contributed by atoms with Crippen LogP contribution in [0.5, 0.6) is 5.75 Å². The number of para-hydroxylation sites is 1. The lowest BCUT2D eigenvalue weighted by molar-refractivity contribution is 0.0974. The van der Waals surface area contributed by atoms with Gasteiger partial charge in [0.15, 0.2) is 10.7 Å². The molecule has 0 aliphatic heterocycles. The second-order valence-electron chi connectivity index (χ2n) is 7.56. The molecular weight excluding hydrogens is 422 g/mol. The van der Waals surface area contributed by atoms with Crippen LogP contribution in [0.2, 0.25) is 0 Å². The number of rotatable bonds is 4. The maximum absolute atomic E-state index is 12.6. The Morgan fingerprint density at radius 1 is 1.00 bits per heavy atom. The van der Waals surface area contributed by atoms with Crippen molar-refractivity contribution in [3.05, 3.63) is 76.9 Å². The molecule has 6 nitrogen and oxygen atoms in total. The van der Waals surface area contributed by atoms with Gasteiger partial charge < -0.3 is 14.5 Å². The van der Waals surface area contributed by atoms with E-state index in [1.54, 1.807) is 12.1 Å². The number of nitrogens with zero attached hydrogens (tertiary/aromatic N) is 1. The van der Waals surface area contributed by atoms with E-state index in [0.29, 0.717) is 17.2 Å². The third-order valence-electron chi connectivity index (χ3n) is 5.28. The van der Waals surface area contributed by atoms with Crippen molar-refractivity contribution in [2.45, 2.75) is 20.8 Å². The number of hydrogen-bond acceptors (Lipinski definition) is 5. The predicted octanol–water partition coefficient (Wildman–Crippen LogP) is 5.56. The van der Waals surface area contributed by atoms with E-state index in [9.17, 15) is 4.79 Å². The van der Waals surface area contributed by atoms with Crippen molar-refractivity contribution < 1.29 is 13.9 Å². The van der Waals surface area contributed by atoms with Crippen LogP contribution in [0.25, 0.3) is 22.6 Å². The van der Waals surface area contributed by atoms with Crippen molar-refractivity contribution in [1.82, 2.24) is 10.3 Å². The molecule has 0 saturated carbocycles. The van der Waals surface area contributed by atoms with E-state index >= 15 is 0 Å². The number of oxazole rings is 1. The van der Waals surface area contributed by atoms with Crippen LogP contribution in [0.15, 0.2) is 59.0 Å². The van der Waals surface area contributed by atoms with Gasteiger partial charge in [-0.2, -0.15) is 0 Å². The highest BCUT2D eigenvalue weighted by Crippen LogP contribution is 2.27. The summed E-state index contributed by atoms with van der Waals surface area (Å²) in [5.74, 6) is 0.747. The number of thiocarbonyl (C=S) groups is 1. The summed E-state index contributed by atoms with van der Waals surface area (Å²) in [6.07, 6.45) is 0. The lowest BCUT2D eigenvalue weighted by atomic mass is 10.1. The monoisotopic (exact) mass is 445 g/mol. The minimum Gasteiger partial charge on any atom is -0.496 e. The number of fused-ring (bicyclic) bond motifs is 1. The van der Waals surface area contributed by atoms with Gasteiger partial charge in [0.25, 0.3) is 5.91 Å². The van der Waals surface area contributed by atoms with Gasteiger partial charge in [0.05, 0.1) is 12.7 Å². The largest absolute Gasteiger partial charge is 0.496 e. The zero-order valence-corrected chi connectivity index (χ0v) is 19.1. The molecule has 1 amide bonds. The number of carbonyl (C=O) groups excluding carboxylic acids is 1. The van der Waals surface area contributed by atoms with Gasteiger partial charge in [-0.15, -0.1) is 0 Å². The molecule has 0 saturated heterocycles. The van der Waals surface area contributed by atoms with Gasteiger partial charge in [-0.25, -0.2) is 4.98 Å². The molecule has 0 atom stereocenters. The highest BCUT2D eigenvalue weighted by Gasteiger charge is 2.15. The number of amides is 1. The number of benzene rings is 3. The van der Waals surface area contributed by atoms with E-state index in [2.05, 4.69) is 22.5 Å². The number of hydrogen-bond donors (Lipinski definition) is 2. The van der Waals surface area contributed by atoms with E-state index in [0.717, 1.165) is 27.9 Å². The minimum atomic E-state index is -0.336. The molecule has 7 heteroatoms. The molecule has 0 spiro atoms. The van der Waals surface area contributed by atoms with Crippen molar-refractivity contribution in [1.29, 1.82) is 0 Å².